The van der Waals surface area contributed by atoms with Gasteiger partial charge in [0.1, 0.15) is 11.5 Å². The molecule has 9 heteroatoms. The summed E-state index contributed by atoms with van der Waals surface area (Å²) < 4.78 is 21.6. The summed E-state index contributed by atoms with van der Waals surface area (Å²) in [5.41, 5.74) is -0.306. The van der Waals surface area contributed by atoms with Crippen LogP contribution in [0.25, 0.3) is 0 Å². The summed E-state index contributed by atoms with van der Waals surface area (Å²) in [6, 6.07) is 4.61. The van der Waals surface area contributed by atoms with Gasteiger partial charge in [-0.3, -0.25) is 4.79 Å². The van der Waals surface area contributed by atoms with Gasteiger partial charge in [-0.2, -0.15) is 0 Å². The maximum atomic E-state index is 13.0. The van der Waals surface area contributed by atoms with Crippen LogP contribution in [0.1, 0.15) is 54.9 Å². The van der Waals surface area contributed by atoms with Crippen LogP contribution in [0, 0.1) is 6.92 Å². The van der Waals surface area contributed by atoms with Crippen LogP contribution in [-0.4, -0.2) is 49.6 Å². The van der Waals surface area contributed by atoms with Crippen LogP contribution in [0.3, 0.4) is 0 Å². The van der Waals surface area contributed by atoms with E-state index in [1.165, 1.54) is 27.4 Å². The van der Waals surface area contributed by atoms with E-state index in [0.29, 0.717) is 42.7 Å². The van der Waals surface area contributed by atoms with Gasteiger partial charge in [-0.15, -0.1) is 0 Å². The Morgan fingerprint density at radius 2 is 1.79 bits per heavy atom. The van der Waals surface area contributed by atoms with Crippen molar-refractivity contribution < 1.29 is 33.6 Å². The predicted octanol–water partition coefficient (Wildman–Crippen LogP) is 2.62. The van der Waals surface area contributed by atoms with Crippen molar-refractivity contribution in [1.82, 2.24) is 5.32 Å². The number of hydrogen-bond acceptors (Lipinski definition) is 8. The molecule has 9 nitrogen and oxygen atoms in total. The lowest BCUT2D eigenvalue weighted by molar-refractivity contribution is -0.122. The van der Waals surface area contributed by atoms with Crippen LogP contribution in [0.15, 0.2) is 27.4 Å². The molecule has 33 heavy (non-hydrogen) atoms. The highest BCUT2D eigenvalue weighted by atomic mass is 16.5. The Morgan fingerprint density at radius 1 is 1.12 bits per heavy atom. The van der Waals surface area contributed by atoms with E-state index in [1.807, 2.05) is 0 Å². The number of aryl methyl sites for hydroxylation is 1. The first kappa shape index (κ1) is 24.4. The van der Waals surface area contributed by atoms with E-state index >= 15 is 0 Å². The van der Waals surface area contributed by atoms with Crippen molar-refractivity contribution in [3.05, 3.63) is 45.5 Å². The minimum Gasteiger partial charge on any atom is -0.507 e. The molecular formula is C24H31NO8. The smallest absolute Gasteiger partial charge is 0.343 e. The van der Waals surface area contributed by atoms with Crippen LogP contribution < -0.4 is 25.2 Å². The molecule has 0 spiro atoms. The summed E-state index contributed by atoms with van der Waals surface area (Å²) in [5, 5.41) is 23.3. The highest BCUT2D eigenvalue weighted by Gasteiger charge is 2.31. The van der Waals surface area contributed by atoms with Gasteiger partial charge < -0.3 is 34.2 Å². The van der Waals surface area contributed by atoms with Crippen LogP contribution >= 0.6 is 0 Å². The summed E-state index contributed by atoms with van der Waals surface area (Å²) >= 11 is 0. The molecule has 0 saturated heterocycles. The Kier molecular flexibility index (Phi) is 7.86. The Labute approximate surface area is 192 Å². The second-order valence-corrected chi connectivity index (χ2v) is 8.20. The molecular weight excluding hydrogens is 430 g/mol. The van der Waals surface area contributed by atoms with E-state index in [-0.39, 0.29) is 47.3 Å². The Hall–Kier alpha value is -3.20. The SMILES string of the molecule is COc1ccc([C@H](CC(=O)NC2CCC(O)CC2)c2c(O)cc(C)oc2=O)c(OC)c1OC. The van der Waals surface area contributed by atoms with Crippen molar-refractivity contribution in [3.8, 4) is 23.0 Å². The maximum absolute atomic E-state index is 13.0. The number of carbonyl (C=O) groups excluding carboxylic acids is 1. The van der Waals surface area contributed by atoms with Crippen molar-refractivity contribution in [1.29, 1.82) is 0 Å². The van der Waals surface area contributed by atoms with E-state index in [9.17, 15) is 19.8 Å². The number of aromatic hydroxyl groups is 1. The highest BCUT2D eigenvalue weighted by Crippen LogP contribution is 2.45. The first-order valence-electron chi connectivity index (χ1n) is 10.9. The Morgan fingerprint density at radius 3 is 2.36 bits per heavy atom. The number of nitrogens with one attached hydrogen (secondary N) is 1. The van der Waals surface area contributed by atoms with Gasteiger partial charge in [-0.05, 0) is 38.7 Å². The van der Waals surface area contributed by atoms with Gasteiger partial charge in [0.15, 0.2) is 11.5 Å². The van der Waals surface area contributed by atoms with E-state index in [0.717, 1.165) is 0 Å². The molecule has 3 N–H and O–H groups in total. The number of methoxy groups -OCH3 is 3. The third kappa shape index (κ3) is 5.42. The van der Waals surface area contributed by atoms with Gasteiger partial charge in [0.05, 0.1) is 33.0 Å². The second-order valence-electron chi connectivity index (χ2n) is 8.20. The standard InChI is InChI=1S/C24H31NO8/c1-13-11-18(27)21(24(29)33-13)17(12-20(28)25-14-5-7-15(26)8-6-14)16-9-10-19(30-2)23(32-4)22(16)31-3/h9-11,14-15,17,26-27H,5-8,12H2,1-4H3,(H,25,28)/t14?,15?,17-/m0/s1. The van der Waals surface area contributed by atoms with E-state index in [4.69, 9.17) is 18.6 Å². The lowest BCUT2D eigenvalue weighted by Gasteiger charge is -2.27. The molecule has 3 rings (SSSR count). The fourth-order valence-corrected chi connectivity index (χ4v) is 4.38. The van der Waals surface area contributed by atoms with E-state index < -0.39 is 11.5 Å². The monoisotopic (exact) mass is 461 g/mol. The zero-order chi connectivity index (χ0) is 24.1. The summed E-state index contributed by atoms with van der Waals surface area (Å²) in [5.74, 6) is -0.163. The van der Waals surface area contributed by atoms with E-state index in [1.54, 1.807) is 19.1 Å². The number of benzene rings is 1. The summed E-state index contributed by atoms with van der Waals surface area (Å²) in [6.45, 7) is 1.56. The fraction of sp³-hybridized carbons (Fsp3) is 0.500. The zero-order valence-corrected chi connectivity index (χ0v) is 19.3. The molecule has 1 amide bonds. The molecule has 0 bridgehead atoms. The van der Waals surface area contributed by atoms with Crippen LogP contribution in [0.4, 0.5) is 0 Å². The zero-order valence-electron chi connectivity index (χ0n) is 19.3. The number of aliphatic hydroxyl groups is 1. The third-order valence-corrected chi connectivity index (χ3v) is 6.00. The van der Waals surface area contributed by atoms with Gasteiger partial charge in [0.25, 0.3) is 0 Å². The quantitative estimate of drug-likeness (QED) is 0.547. The summed E-state index contributed by atoms with van der Waals surface area (Å²) in [7, 11) is 4.40. The first-order chi connectivity index (χ1) is 15.8. The third-order valence-electron chi connectivity index (χ3n) is 6.00. The molecule has 1 aliphatic rings. The topological polar surface area (TPSA) is 127 Å². The van der Waals surface area contributed by atoms with Crippen molar-refractivity contribution in [2.75, 3.05) is 21.3 Å². The minimum atomic E-state index is -0.870. The molecule has 1 fully saturated rings. The molecule has 1 saturated carbocycles. The lowest BCUT2D eigenvalue weighted by atomic mass is 9.87. The second kappa shape index (κ2) is 10.6. The van der Waals surface area contributed by atoms with Crippen molar-refractivity contribution in [2.45, 2.75) is 57.1 Å². The summed E-state index contributed by atoms with van der Waals surface area (Å²) in [4.78, 5) is 25.8. The van der Waals surface area contributed by atoms with Crippen molar-refractivity contribution in [3.63, 3.8) is 0 Å². The van der Waals surface area contributed by atoms with Gasteiger partial charge in [-0.25, -0.2) is 4.79 Å². The number of rotatable bonds is 8. The fourth-order valence-electron chi connectivity index (χ4n) is 4.38. The molecule has 1 aromatic heterocycles. The average Bonchev–Trinajstić information content (AvgIpc) is 2.78. The normalized spacial score (nSPS) is 18.9. The maximum Gasteiger partial charge on any atom is 0.343 e. The number of aliphatic hydroxyl groups excluding tert-OH is 1. The lowest BCUT2D eigenvalue weighted by Crippen LogP contribution is -2.39. The molecule has 0 unspecified atom stereocenters. The number of ether oxygens (including phenoxy) is 3. The molecule has 2 aromatic rings. The van der Waals surface area contributed by atoms with Gasteiger partial charge in [0, 0.05) is 30.0 Å². The highest BCUT2D eigenvalue weighted by molar-refractivity contribution is 5.78. The summed E-state index contributed by atoms with van der Waals surface area (Å²) in [6.07, 6.45) is 2.13. The van der Waals surface area contributed by atoms with Crippen LogP contribution in [-0.2, 0) is 4.79 Å². The predicted molar refractivity (Wildman–Crippen MR) is 120 cm³/mol. The van der Waals surface area contributed by atoms with Gasteiger partial charge in [0.2, 0.25) is 11.7 Å². The number of hydrogen-bond donors (Lipinski definition) is 3. The van der Waals surface area contributed by atoms with Crippen molar-refractivity contribution in [2.24, 2.45) is 0 Å². The molecule has 1 heterocycles. The van der Waals surface area contributed by atoms with E-state index in [2.05, 4.69) is 5.32 Å². The van der Waals surface area contributed by atoms with Crippen LogP contribution in [0.5, 0.6) is 23.0 Å². The molecule has 1 atom stereocenters. The molecule has 1 aromatic carbocycles. The van der Waals surface area contributed by atoms with Crippen LogP contribution in [0.2, 0.25) is 0 Å². The molecule has 180 valence electrons. The van der Waals surface area contributed by atoms with Gasteiger partial charge in [-0.1, -0.05) is 6.07 Å². The van der Waals surface area contributed by atoms with Gasteiger partial charge >= 0.3 is 5.63 Å². The Balaban J connectivity index is 2.04. The number of amides is 1. The average molecular weight is 462 g/mol. The van der Waals surface area contributed by atoms with Crippen molar-refractivity contribution >= 4 is 5.91 Å². The Bertz CT molecular complexity index is 1040. The largest absolute Gasteiger partial charge is 0.507 e. The molecule has 0 radical (unpaired) electrons. The molecule has 1 aliphatic carbocycles. The minimum absolute atomic E-state index is 0.0414. The number of carbonyl (C=O) groups is 1. The molecule has 0 aliphatic heterocycles. The first-order valence-corrected chi connectivity index (χ1v) is 10.9.